The number of ether oxygens (including phenoxy) is 2. The normalized spacial score (nSPS) is 21.2. The van der Waals surface area contributed by atoms with Gasteiger partial charge in [-0.1, -0.05) is 18.2 Å². The highest BCUT2D eigenvalue weighted by atomic mass is 16.6. The van der Waals surface area contributed by atoms with Gasteiger partial charge in [-0.05, 0) is 77.5 Å². The molecule has 9 heteroatoms. The average molecular weight is 568 g/mol. The first-order valence-corrected chi connectivity index (χ1v) is 14.9. The van der Waals surface area contributed by atoms with E-state index < -0.39 is 11.7 Å². The van der Waals surface area contributed by atoms with Crippen LogP contribution in [0, 0.1) is 18.8 Å². The predicted octanol–water partition coefficient (Wildman–Crippen LogP) is 6.29. The topological polar surface area (TPSA) is 90.4 Å². The van der Waals surface area contributed by atoms with Gasteiger partial charge in [-0.2, -0.15) is 10.1 Å². The van der Waals surface area contributed by atoms with E-state index in [4.69, 9.17) is 14.6 Å². The summed E-state index contributed by atoms with van der Waals surface area (Å²) >= 11 is 0. The van der Waals surface area contributed by atoms with Crippen LogP contribution in [0.1, 0.15) is 62.4 Å². The summed E-state index contributed by atoms with van der Waals surface area (Å²) in [6.07, 6.45) is 5.44. The molecule has 2 bridgehead atoms. The summed E-state index contributed by atoms with van der Waals surface area (Å²) in [4.78, 5) is 32.5. The van der Waals surface area contributed by atoms with Crippen LogP contribution in [0.5, 0.6) is 5.75 Å². The predicted molar refractivity (Wildman–Crippen MR) is 161 cm³/mol. The van der Waals surface area contributed by atoms with E-state index in [0.717, 1.165) is 47.6 Å². The van der Waals surface area contributed by atoms with Gasteiger partial charge in [-0.15, -0.1) is 0 Å². The highest BCUT2D eigenvalue weighted by molar-refractivity contribution is 6.07. The summed E-state index contributed by atoms with van der Waals surface area (Å²) in [5.41, 5.74) is 5.68. The number of hydrogen-bond acceptors (Lipinski definition) is 5. The molecule has 9 nitrogen and oxygen atoms in total. The van der Waals surface area contributed by atoms with E-state index >= 15 is 0 Å². The van der Waals surface area contributed by atoms with E-state index in [2.05, 4.69) is 46.8 Å². The lowest BCUT2D eigenvalue weighted by atomic mass is 10.1. The minimum absolute atomic E-state index is 0.0732. The zero-order chi connectivity index (χ0) is 29.3. The number of hydrogen-bond donors (Lipinski definition) is 0. The van der Waals surface area contributed by atoms with Gasteiger partial charge in [-0.25, -0.2) is 9.31 Å². The number of piperidine rings is 1. The van der Waals surface area contributed by atoms with Crippen LogP contribution in [0.25, 0.3) is 27.8 Å². The minimum Gasteiger partial charge on any atom is -0.494 e. The Kier molecular flexibility index (Phi) is 6.18. The number of amides is 2. The first kappa shape index (κ1) is 26.7. The van der Waals surface area contributed by atoms with Crippen molar-refractivity contribution < 1.29 is 19.1 Å². The van der Waals surface area contributed by atoms with Crippen LogP contribution in [-0.2, 0) is 11.3 Å². The molecular weight excluding hydrogens is 530 g/mol. The van der Waals surface area contributed by atoms with E-state index in [9.17, 15) is 9.59 Å². The largest absolute Gasteiger partial charge is 0.494 e. The van der Waals surface area contributed by atoms with Crippen molar-refractivity contribution in [1.82, 2.24) is 19.1 Å². The molecule has 2 aliphatic carbocycles. The average Bonchev–Trinajstić information content (AvgIpc) is 3.29. The molecule has 2 saturated carbocycles. The van der Waals surface area contributed by atoms with Gasteiger partial charge in [0.2, 0.25) is 0 Å². The van der Waals surface area contributed by atoms with Crippen molar-refractivity contribution in [2.24, 2.45) is 16.8 Å². The molecular formula is C33H37N5O4. The first-order chi connectivity index (χ1) is 20.1. The van der Waals surface area contributed by atoms with Gasteiger partial charge in [0.25, 0.3) is 5.91 Å². The number of likely N-dealkylation sites (tertiary alicyclic amines) is 1. The van der Waals surface area contributed by atoms with Gasteiger partial charge < -0.3 is 18.9 Å². The summed E-state index contributed by atoms with van der Waals surface area (Å²) < 4.78 is 15.4. The second kappa shape index (κ2) is 9.71. The van der Waals surface area contributed by atoms with Crippen LogP contribution in [-0.4, -0.2) is 62.1 Å². The van der Waals surface area contributed by atoms with Crippen LogP contribution in [0.4, 0.5) is 4.79 Å². The smallest absolute Gasteiger partial charge is 0.434 e. The Balaban J connectivity index is 1.25. The lowest BCUT2D eigenvalue weighted by Crippen LogP contribution is -2.39. The fourth-order valence-corrected chi connectivity index (χ4v) is 6.70. The van der Waals surface area contributed by atoms with Crippen molar-refractivity contribution >= 4 is 34.1 Å². The van der Waals surface area contributed by atoms with E-state index in [1.807, 2.05) is 31.7 Å². The molecule has 3 aromatic heterocycles. The van der Waals surface area contributed by atoms with Gasteiger partial charge >= 0.3 is 6.09 Å². The summed E-state index contributed by atoms with van der Waals surface area (Å²) in [6, 6.07) is 12.3. The van der Waals surface area contributed by atoms with Crippen LogP contribution in [0.2, 0.25) is 0 Å². The third-order valence-electron chi connectivity index (χ3n) is 8.80. The summed E-state index contributed by atoms with van der Waals surface area (Å²) in [5.74, 6) is 1.27. The molecule has 1 aromatic carbocycles. The van der Waals surface area contributed by atoms with Gasteiger partial charge in [0.1, 0.15) is 22.6 Å². The number of carbonyl (C=O) groups is 2. The molecule has 0 N–H and O–H groups in total. The number of pyridine rings is 1. The Bertz CT molecular complexity index is 1770. The number of rotatable bonds is 5. The molecule has 1 aliphatic heterocycles. The van der Waals surface area contributed by atoms with Crippen LogP contribution in [0.15, 0.2) is 47.6 Å². The maximum absolute atomic E-state index is 13.9. The lowest BCUT2D eigenvalue weighted by Gasteiger charge is -2.26. The fourth-order valence-electron chi connectivity index (χ4n) is 6.70. The van der Waals surface area contributed by atoms with Gasteiger partial charge in [-0.3, -0.25) is 4.79 Å². The number of benzene rings is 1. The maximum atomic E-state index is 13.9. The number of fused-ring (bicyclic) bond motifs is 4. The number of aliphatic imine (C=N–C) groups is 1. The first-order valence-electron chi connectivity index (χ1n) is 14.9. The molecule has 42 heavy (non-hydrogen) atoms. The van der Waals surface area contributed by atoms with Gasteiger partial charge in [0.05, 0.1) is 30.1 Å². The SMILES string of the molecule is COc1cc(C(=O)N2CC3CCC2/C3=N/C(=O)OC(C)(C)C)cn2nc(-c3cc4ccccc4n3CC3CC3)c(C)c12. The molecule has 3 aliphatic rings. The summed E-state index contributed by atoms with van der Waals surface area (Å²) in [5, 5.41) is 6.24. The van der Waals surface area contributed by atoms with E-state index in [1.54, 1.807) is 17.8 Å². The second-order valence-electron chi connectivity index (χ2n) is 13.0. The Labute approximate surface area is 245 Å². The molecule has 1 saturated heterocycles. The molecule has 2 unspecified atom stereocenters. The maximum Gasteiger partial charge on any atom is 0.434 e. The Hall–Kier alpha value is -4.14. The van der Waals surface area contributed by atoms with Crippen molar-refractivity contribution in [3.8, 4) is 17.1 Å². The molecule has 4 heterocycles. The molecule has 0 spiro atoms. The Morgan fingerprint density at radius 1 is 1.10 bits per heavy atom. The van der Waals surface area contributed by atoms with Crippen molar-refractivity contribution in [2.45, 2.75) is 71.6 Å². The van der Waals surface area contributed by atoms with Crippen molar-refractivity contribution in [2.75, 3.05) is 13.7 Å². The number of methoxy groups -OCH3 is 1. The Morgan fingerprint density at radius 2 is 1.88 bits per heavy atom. The number of nitrogens with zero attached hydrogens (tertiary/aromatic N) is 5. The second-order valence-corrected chi connectivity index (χ2v) is 13.0. The quantitative estimate of drug-likeness (QED) is 0.283. The molecule has 0 radical (unpaired) electrons. The molecule has 3 fully saturated rings. The minimum atomic E-state index is -0.618. The summed E-state index contributed by atoms with van der Waals surface area (Å²) in [6.45, 7) is 9.05. The van der Waals surface area contributed by atoms with Crippen LogP contribution < -0.4 is 4.74 Å². The summed E-state index contributed by atoms with van der Waals surface area (Å²) in [7, 11) is 1.63. The molecule has 2 atom stereocenters. The number of para-hydroxylation sites is 1. The number of aryl methyl sites for hydroxylation is 1. The zero-order valence-electron chi connectivity index (χ0n) is 24.9. The monoisotopic (exact) mass is 567 g/mol. The highest BCUT2D eigenvalue weighted by Crippen LogP contribution is 2.40. The Morgan fingerprint density at radius 3 is 2.62 bits per heavy atom. The number of aromatic nitrogens is 3. The van der Waals surface area contributed by atoms with Gasteiger partial charge in [0, 0.05) is 41.7 Å². The van der Waals surface area contributed by atoms with Gasteiger partial charge in [0.15, 0.2) is 0 Å². The molecule has 7 rings (SSSR count). The lowest BCUT2D eigenvalue weighted by molar-refractivity contribution is 0.0601. The van der Waals surface area contributed by atoms with E-state index in [1.165, 1.54) is 23.7 Å². The van der Waals surface area contributed by atoms with E-state index in [0.29, 0.717) is 23.8 Å². The molecule has 2 amide bonds. The van der Waals surface area contributed by atoms with Crippen LogP contribution >= 0.6 is 0 Å². The standard InChI is InChI=1S/C33H37N5O4/c1-19-28(26-14-21-8-6-7-9-24(21)36(26)16-20-10-11-20)35-38-18-23(15-27(41-5)30(19)38)31(39)37-17-22-12-13-25(37)29(22)34-32(40)42-33(2,3)4/h6-9,14-15,18,20,22,25H,10-13,16-17H2,1-5H3/b34-29+. The highest BCUT2D eigenvalue weighted by Gasteiger charge is 2.47. The fraction of sp³-hybridized carbons (Fsp3) is 0.455. The molecule has 218 valence electrons. The van der Waals surface area contributed by atoms with Crippen molar-refractivity contribution in [3.05, 3.63) is 53.7 Å². The van der Waals surface area contributed by atoms with E-state index in [-0.39, 0.29) is 17.9 Å². The zero-order valence-corrected chi connectivity index (χ0v) is 24.9. The third-order valence-corrected chi connectivity index (χ3v) is 8.80. The number of carbonyl (C=O) groups excluding carboxylic acids is 2. The van der Waals surface area contributed by atoms with Crippen LogP contribution in [0.3, 0.4) is 0 Å². The van der Waals surface area contributed by atoms with Crippen molar-refractivity contribution in [1.29, 1.82) is 0 Å². The molecule has 4 aromatic rings. The third kappa shape index (κ3) is 4.55. The van der Waals surface area contributed by atoms with Crippen molar-refractivity contribution in [3.63, 3.8) is 0 Å².